The lowest BCUT2D eigenvalue weighted by molar-refractivity contribution is 0.415. The van der Waals surface area contributed by atoms with Crippen molar-refractivity contribution in [3.05, 3.63) is 244 Å². The normalized spacial score (nSPS) is 13.4. The number of hydrogen-bond acceptors (Lipinski definition) is 1. The second-order valence-corrected chi connectivity index (χ2v) is 14.9. The number of hydrogen-bond donors (Lipinski definition) is 0. The van der Waals surface area contributed by atoms with E-state index in [1.54, 1.807) is 7.11 Å². The Balaban J connectivity index is 1.07. The van der Waals surface area contributed by atoms with Crippen molar-refractivity contribution >= 4 is 0 Å². The molecule has 1 nitrogen and oxygen atoms in total. The van der Waals surface area contributed by atoms with Crippen LogP contribution in [0.25, 0.3) is 33.4 Å². The van der Waals surface area contributed by atoms with Crippen LogP contribution in [0.1, 0.15) is 50.1 Å². The van der Waals surface area contributed by atoms with Crippen molar-refractivity contribution in [3.63, 3.8) is 0 Å². The molecule has 57 heavy (non-hydrogen) atoms. The Labute approximate surface area is 335 Å². The predicted molar refractivity (Wildman–Crippen MR) is 233 cm³/mol. The highest BCUT2D eigenvalue weighted by Crippen LogP contribution is 2.54. The highest BCUT2D eigenvalue weighted by Gasteiger charge is 2.45. The van der Waals surface area contributed by atoms with E-state index < -0.39 is 10.8 Å². The molecule has 0 aromatic heterocycles. The fourth-order valence-electron chi connectivity index (χ4n) is 8.97. The van der Waals surface area contributed by atoms with E-state index in [-0.39, 0.29) is 0 Å². The van der Waals surface area contributed by atoms with Crippen molar-refractivity contribution in [3.8, 4) is 62.8 Å². The average molecular weight is 727 g/mol. The number of rotatable bonds is 4. The number of benzene rings is 8. The summed E-state index contributed by atoms with van der Waals surface area (Å²) in [6, 6.07) is 69.5. The van der Waals surface area contributed by atoms with E-state index in [9.17, 15) is 0 Å². The van der Waals surface area contributed by atoms with Crippen LogP contribution in [0.5, 0.6) is 5.75 Å². The zero-order chi connectivity index (χ0) is 38.4. The van der Waals surface area contributed by atoms with Crippen LogP contribution in [0.3, 0.4) is 0 Å². The van der Waals surface area contributed by atoms with Gasteiger partial charge in [0.05, 0.1) is 7.11 Å². The van der Waals surface area contributed by atoms with Gasteiger partial charge in [-0.25, -0.2) is 0 Å². The minimum atomic E-state index is -0.638. The van der Waals surface area contributed by atoms with Gasteiger partial charge in [-0.2, -0.15) is 0 Å². The molecule has 0 saturated heterocycles. The van der Waals surface area contributed by atoms with E-state index in [1.165, 1.54) is 50.1 Å². The maximum Gasteiger partial charge on any atom is 0.118 e. The molecular weight excluding hydrogens is 689 g/mol. The van der Waals surface area contributed by atoms with Gasteiger partial charge in [0.2, 0.25) is 0 Å². The highest BCUT2D eigenvalue weighted by atomic mass is 16.5. The van der Waals surface area contributed by atoms with Crippen LogP contribution in [0, 0.1) is 30.6 Å². The lowest BCUT2D eigenvalue weighted by Crippen LogP contribution is -2.25. The Morgan fingerprint density at radius 2 is 0.702 bits per heavy atom. The zero-order valence-electron chi connectivity index (χ0n) is 31.9. The van der Waals surface area contributed by atoms with Crippen LogP contribution in [-0.4, -0.2) is 7.11 Å². The molecule has 2 aliphatic rings. The summed E-state index contributed by atoms with van der Waals surface area (Å²) in [5.74, 6) is 15.6. The summed E-state index contributed by atoms with van der Waals surface area (Å²) in [5, 5.41) is 0. The van der Waals surface area contributed by atoms with Crippen molar-refractivity contribution in [2.24, 2.45) is 0 Å². The summed E-state index contributed by atoms with van der Waals surface area (Å²) in [4.78, 5) is 0. The molecule has 0 radical (unpaired) electrons. The molecule has 0 spiro atoms. The molecule has 0 amide bonds. The summed E-state index contributed by atoms with van der Waals surface area (Å²) < 4.78 is 5.42. The molecule has 2 aliphatic carbocycles. The molecule has 0 heterocycles. The first-order chi connectivity index (χ1) is 28.1. The van der Waals surface area contributed by atoms with Gasteiger partial charge in [-0.15, -0.1) is 0 Å². The van der Waals surface area contributed by atoms with E-state index >= 15 is 0 Å². The summed E-state index contributed by atoms with van der Waals surface area (Å²) in [5.41, 5.74) is 16.3. The van der Waals surface area contributed by atoms with Crippen LogP contribution >= 0.6 is 0 Å². The second-order valence-electron chi connectivity index (χ2n) is 14.9. The third-order valence-electron chi connectivity index (χ3n) is 11.8. The highest BCUT2D eigenvalue weighted by molar-refractivity contribution is 5.88. The molecule has 8 aromatic rings. The van der Waals surface area contributed by atoms with Crippen molar-refractivity contribution in [2.45, 2.75) is 17.8 Å². The van der Waals surface area contributed by atoms with E-state index in [1.807, 2.05) is 24.3 Å². The first kappa shape index (κ1) is 34.2. The molecular formula is C56H38O. The lowest BCUT2D eigenvalue weighted by Gasteiger charge is -2.28. The summed E-state index contributed by atoms with van der Waals surface area (Å²) in [7, 11) is 1.69. The largest absolute Gasteiger partial charge is 0.497 e. The Morgan fingerprint density at radius 1 is 0.368 bits per heavy atom. The Morgan fingerprint density at radius 3 is 1.05 bits per heavy atom. The molecule has 0 unspecified atom stereocenters. The Kier molecular flexibility index (Phi) is 8.25. The summed E-state index contributed by atoms with van der Waals surface area (Å²) in [6.07, 6.45) is 0. The molecule has 0 fully saturated rings. The fourth-order valence-corrected chi connectivity index (χ4v) is 8.97. The monoisotopic (exact) mass is 726 g/mol. The van der Waals surface area contributed by atoms with Gasteiger partial charge < -0.3 is 4.74 Å². The maximum absolute atomic E-state index is 5.42. The smallest absolute Gasteiger partial charge is 0.118 e. The molecule has 1 heteroatoms. The standard InChI is InChI=1S/C56H38O/c1-39-19-21-40(22-20-39)35-37-55(51-15-7-3-11-47(51)48-12-4-8-16-52(48)55)44-29-25-42(26-30-44)43-27-31-45(32-28-43)56(38-36-41-23-33-46(57-2)34-24-41)53-17-9-5-13-49(53)50-14-6-10-18-54(50)56/h3-34H,1-2H3. The van der Waals surface area contributed by atoms with Gasteiger partial charge in [-0.1, -0.05) is 187 Å². The van der Waals surface area contributed by atoms with E-state index in [4.69, 9.17) is 4.74 Å². The van der Waals surface area contributed by atoms with Gasteiger partial charge in [0.1, 0.15) is 16.6 Å². The van der Waals surface area contributed by atoms with E-state index in [0.29, 0.717) is 0 Å². The van der Waals surface area contributed by atoms with Crippen molar-refractivity contribution in [2.75, 3.05) is 7.11 Å². The molecule has 268 valence electrons. The third-order valence-corrected chi connectivity index (χ3v) is 11.8. The average Bonchev–Trinajstić information content (AvgIpc) is 3.74. The van der Waals surface area contributed by atoms with Crippen LogP contribution in [0.2, 0.25) is 0 Å². The molecule has 0 N–H and O–H groups in total. The number of fused-ring (bicyclic) bond motifs is 6. The van der Waals surface area contributed by atoms with E-state index in [2.05, 4.69) is 200 Å². The molecule has 10 rings (SSSR count). The van der Waals surface area contributed by atoms with Gasteiger partial charge in [-0.3, -0.25) is 0 Å². The number of methoxy groups -OCH3 is 1. The van der Waals surface area contributed by atoms with Crippen molar-refractivity contribution in [1.29, 1.82) is 0 Å². The first-order valence-electron chi connectivity index (χ1n) is 19.5. The van der Waals surface area contributed by atoms with Crippen molar-refractivity contribution < 1.29 is 4.74 Å². The minimum Gasteiger partial charge on any atom is -0.497 e. The zero-order valence-corrected chi connectivity index (χ0v) is 31.9. The molecule has 0 aliphatic heterocycles. The second kappa shape index (κ2) is 13.8. The van der Waals surface area contributed by atoms with Gasteiger partial charge >= 0.3 is 0 Å². The Hall–Kier alpha value is -7.32. The van der Waals surface area contributed by atoms with Gasteiger partial charge in [-0.05, 0) is 110 Å². The predicted octanol–water partition coefficient (Wildman–Crippen LogP) is 12.4. The first-order valence-corrected chi connectivity index (χ1v) is 19.5. The van der Waals surface area contributed by atoms with Gasteiger partial charge in [0.25, 0.3) is 0 Å². The SMILES string of the molecule is COc1ccc(C#CC2(c3ccc(-c4ccc(C5(C#Cc6ccc(C)cc6)c6ccccc6-c6ccccc65)cc4)cc3)c3ccccc3-c3ccccc32)cc1. The number of ether oxygens (including phenoxy) is 1. The minimum absolute atomic E-state index is 0.612. The third kappa shape index (κ3) is 5.52. The number of aryl methyl sites for hydroxylation is 1. The van der Waals surface area contributed by atoms with Crippen LogP contribution < -0.4 is 4.74 Å². The maximum atomic E-state index is 5.42. The Bertz CT molecular complexity index is 2830. The molecule has 0 atom stereocenters. The molecule has 0 saturated carbocycles. The van der Waals surface area contributed by atoms with Crippen LogP contribution in [-0.2, 0) is 10.8 Å². The quantitative estimate of drug-likeness (QED) is 0.164. The van der Waals surface area contributed by atoms with Crippen LogP contribution in [0.4, 0.5) is 0 Å². The fraction of sp³-hybridized carbons (Fsp3) is 0.0714. The van der Waals surface area contributed by atoms with Gasteiger partial charge in [0.15, 0.2) is 0 Å². The summed E-state index contributed by atoms with van der Waals surface area (Å²) >= 11 is 0. The topological polar surface area (TPSA) is 9.23 Å². The van der Waals surface area contributed by atoms with E-state index in [0.717, 1.165) is 39.1 Å². The van der Waals surface area contributed by atoms with Gasteiger partial charge in [0, 0.05) is 11.1 Å². The molecule has 0 bridgehead atoms. The molecule has 8 aromatic carbocycles. The summed E-state index contributed by atoms with van der Waals surface area (Å²) in [6.45, 7) is 2.11. The van der Waals surface area contributed by atoms with Crippen LogP contribution in [0.15, 0.2) is 194 Å². The lowest BCUT2D eigenvalue weighted by atomic mass is 9.72. The van der Waals surface area contributed by atoms with Crippen molar-refractivity contribution in [1.82, 2.24) is 0 Å².